The van der Waals surface area contributed by atoms with E-state index in [1.54, 1.807) is 12.1 Å². The minimum absolute atomic E-state index is 0.183. The smallest absolute Gasteiger partial charge is 0.253 e. The first kappa shape index (κ1) is 19.4. The molecule has 0 saturated carbocycles. The van der Waals surface area contributed by atoms with Gasteiger partial charge in [-0.1, -0.05) is 62.1 Å². The van der Waals surface area contributed by atoms with Gasteiger partial charge in [-0.15, -0.1) is 0 Å². The molecule has 1 N–H and O–H groups in total. The Morgan fingerprint density at radius 1 is 1.11 bits per heavy atom. The molecule has 4 nitrogen and oxygen atoms in total. The Kier molecular flexibility index (Phi) is 6.51. The average molecular weight is 384 g/mol. The fraction of sp³-hybridized carbons (Fsp3) is 0.364. The maximum atomic E-state index is 12.6. The van der Waals surface area contributed by atoms with Gasteiger partial charge in [-0.25, -0.2) is 4.98 Å². The van der Waals surface area contributed by atoms with Crippen molar-refractivity contribution in [2.45, 2.75) is 52.1 Å². The van der Waals surface area contributed by atoms with Crippen molar-refractivity contribution < 1.29 is 4.79 Å². The Balaban J connectivity index is 1.83. The summed E-state index contributed by atoms with van der Waals surface area (Å²) in [5.74, 6) is 0.700. The van der Waals surface area contributed by atoms with E-state index in [1.807, 2.05) is 37.3 Å². The molecule has 1 unspecified atom stereocenters. The van der Waals surface area contributed by atoms with Gasteiger partial charge in [0.05, 0.1) is 27.7 Å². The number of benzene rings is 2. The van der Waals surface area contributed by atoms with Crippen LogP contribution in [-0.2, 0) is 6.54 Å². The lowest BCUT2D eigenvalue weighted by atomic mass is 10.2. The zero-order chi connectivity index (χ0) is 19.2. The van der Waals surface area contributed by atoms with Crippen molar-refractivity contribution in [1.82, 2.24) is 14.9 Å². The molecule has 1 heterocycles. The number of para-hydroxylation sites is 2. The second-order valence-corrected chi connectivity index (χ2v) is 7.25. The van der Waals surface area contributed by atoms with Gasteiger partial charge in [0.1, 0.15) is 5.82 Å². The normalized spacial score (nSPS) is 12.3. The molecule has 1 aromatic heterocycles. The number of carbonyl (C=O) groups excluding carboxylic acids is 1. The molecular formula is C22H26ClN3O. The van der Waals surface area contributed by atoms with Gasteiger partial charge in [-0.2, -0.15) is 0 Å². The Bertz CT molecular complexity index is 919. The van der Waals surface area contributed by atoms with Gasteiger partial charge >= 0.3 is 0 Å². The van der Waals surface area contributed by atoms with Crippen LogP contribution < -0.4 is 5.32 Å². The largest absolute Gasteiger partial charge is 0.342 e. The molecule has 1 atom stereocenters. The summed E-state index contributed by atoms with van der Waals surface area (Å²) in [6.45, 7) is 5.09. The highest BCUT2D eigenvalue weighted by molar-refractivity contribution is 6.33. The number of fused-ring (bicyclic) bond motifs is 1. The first-order valence-corrected chi connectivity index (χ1v) is 10.00. The molecule has 0 bridgehead atoms. The highest BCUT2D eigenvalue weighted by Gasteiger charge is 2.19. The van der Waals surface area contributed by atoms with E-state index in [1.165, 1.54) is 19.3 Å². The Morgan fingerprint density at radius 3 is 2.63 bits per heavy atom. The summed E-state index contributed by atoms with van der Waals surface area (Å²) in [4.78, 5) is 17.4. The van der Waals surface area contributed by atoms with Gasteiger partial charge in [0, 0.05) is 6.54 Å². The predicted octanol–water partition coefficient (Wildman–Crippen LogP) is 5.76. The van der Waals surface area contributed by atoms with E-state index in [2.05, 4.69) is 22.9 Å². The van der Waals surface area contributed by atoms with Crippen LogP contribution in [0.1, 0.15) is 61.8 Å². The zero-order valence-electron chi connectivity index (χ0n) is 15.9. The number of carbonyl (C=O) groups is 1. The first-order chi connectivity index (χ1) is 13.1. The number of rotatable bonds is 8. The van der Waals surface area contributed by atoms with Crippen molar-refractivity contribution in [3.05, 3.63) is 64.9 Å². The lowest BCUT2D eigenvalue weighted by Crippen LogP contribution is -2.29. The standard InChI is InChI=1S/C22H26ClN3O/c1-3-4-5-10-15-26-20-14-9-8-13-19(20)25-21(26)16(2)24-22(27)17-11-6-7-12-18(17)23/h6-9,11-14,16H,3-5,10,15H2,1-2H3,(H,24,27). The number of halogens is 1. The number of nitrogens with one attached hydrogen (secondary N) is 1. The molecule has 0 aliphatic heterocycles. The van der Waals surface area contributed by atoms with Gasteiger partial charge < -0.3 is 9.88 Å². The molecule has 142 valence electrons. The molecule has 3 aromatic rings. The number of unbranched alkanes of at least 4 members (excludes halogenated alkanes) is 3. The Hall–Kier alpha value is -2.33. The maximum Gasteiger partial charge on any atom is 0.253 e. The molecule has 0 spiro atoms. The van der Waals surface area contributed by atoms with Crippen LogP contribution in [0, 0.1) is 0 Å². The van der Waals surface area contributed by atoms with Crippen LogP contribution in [0.15, 0.2) is 48.5 Å². The van der Waals surface area contributed by atoms with E-state index >= 15 is 0 Å². The van der Waals surface area contributed by atoms with Gasteiger partial charge in [0.2, 0.25) is 0 Å². The van der Waals surface area contributed by atoms with Crippen LogP contribution in [0.2, 0.25) is 5.02 Å². The van der Waals surface area contributed by atoms with E-state index < -0.39 is 0 Å². The Labute approximate surface area is 165 Å². The maximum absolute atomic E-state index is 12.6. The number of nitrogens with zero attached hydrogens (tertiary/aromatic N) is 2. The quantitative estimate of drug-likeness (QED) is 0.502. The molecule has 3 rings (SSSR count). The van der Waals surface area contributed by atoms with Crippen molar-refractivity contribution >= 4 is 28.5 Å². The van der Waals surface area contributed by atoms with Gasteiger partial charge in [0.25, 0.3) is 5.91 Å². The summed E-state index contributed by atoms with van der Waals surface area (Å²) < 4.78 is 2.24. The predicted molar refractivity (Wildman–Crippen MR) is 111 cm³/mol. The Morgan fingerprint density at radius 2 is 1.85 bits per heavy atom. The van der Waals surface area contributed by atoms with E-state index in [0.717, 1.165) is 29.8 Å². The van der Waals surface area contributed by atoms with E-state index in [4.69, 9.17) is 16.6 Å². The van der Waals surface area contributed by atoms with E-state index in [-0.39, 0.29) is 11.9 Å². The average Bonchev–Trinajstić information content (AvgIpc) is 3.04. The molecule has 1 amide bonds. The van der Waals surface area contributed by atoms with Crippen molar-refractivity contribution in [2.24, 2.45) is 0 Å². The first-order valence-electron chi connectivity index (χ1n) is 9.62. The number of amides is 1. The zero-order valence-corrected chi connectivity index (χ0v) is 16.7. The van der Waals surface area contributed by atoms with Crippen molar-refractivity contribution in [3.63, 3.8) is 0 Å². The summed E-state index contributed by atoms with van der Waals surface area (Å²) in [5.41, 5.74) is 2.56. The van der Waals surface area contributed by atoms with Crippen LogP contribution in [0.4, 0.5) is 0 Å². The summed E-state index contributed by atoms with van der Waals surface area (Å²) in [6, 6.07) is 15.0. The third kappa shape index (κ3) is 4.51. The highest BCUT2D eigenvalue weighted by Crippen LogP contribution is 2.23. The van der Waals surface area contributed by atoms with Crippen LogP contribution in [0.3, 0.4) is 0 Å². The fourth-order valence-corrected chi connectivity index (χ4v) is 3.56. The van der Waals surface area contributed by atoms with Crippen molar-refractivity contribution in [3.8, 4) is 0 Å². The SMILES string of the molecule is CCCCCCn1c(C(C)NC(=O)c2ccccc2Cl)nc2ccccc21. The lowest BCUT2D eigenvalue weighted by molar-refractivity contribution is 0.0938. The number of aryl methyl sites for hydroxylation is 1. The number of hydrogen-bond acceptors (Lipinski definition) is 2. The molecule has 2 aromatic carbocycles. The summed E-state index contributed by atoms with van der Waals surface area (Å²) in [5, 5.41) is 3.50. The van der Waals surface area contributed by atoms with Crippen LogP contribution in [0.25, 0.3) is 11.0 Å². The molecule has 0 aliphatic carbocycles. The number of imidazole rings is 1. The summed E-state index contributed by atoms with van der Waals surface area (Å²) in [6.07, 6.45) is 4.75. The van der Waals surface area contributed by atoms with Crippen LogP contribution in [0.5, 0.6) is 0 Å². The van der Waals surface area contributed by atoms with Gasteiger partial charge in [0.15, 0.2) is 0 Å². The molecule has 27 heavy (non-hydrogen) atoms. The topological polar surface area (TPSA) is 46.9 Å². The number of aromatic nitrogens is 2. The molecule has 0 fully saturated rings. The number of hydrogen-bond donors (Lipinski definition) is 1. The molecule has 0 aliphatic rings. The second-order valence-electron chi connectivity index (χ2n) is 6.85. The summed E-state index contributed by atoms with van der Waals surface area (Å²) >= 11 is 6.16. The van der Waals surface area contributed by atoms with E-state index in [9.17, 15) is 4.79 Å². The minimum Gasteiger partial charge on any atom is -0.342 e. The third-order valence-corrected chi connectivity index (χ3v) is 5.10. The third-order valence-electron chi connectivity index (χ3n) is 4.77. The molecular weight excluding hydrogens is 358 g/mol. The van der Waals surface area contributed by atoms with Crippen LogP contribution in [-0.4, -0.2) is 15.5 Å². The van der Waals surface area contributed by atoms with Gasteiger partial charge in [-0.05, 0) is 37.6 Å². The minimum atomic E-state index is -0.215. The van der Waals surface area contributed by atoms with E-state index in [0.29, 0.717) is 10.6 Å². The highest BCUT2D eigenvalue weighted by atomic mass is 35.5. The summed E-state index contributed by atoms with van der Waals surface area (Å²) in [7, 11) is 0. The molecule has 0 radical (unpaired) electrons. The fourth-order valence-electron chi connectivity index (χ4n) is 3.34. The monoisotopic (exact) mass is 383 g/mol. The lowest BCUT2D eigenvalue weighted by Gasteiger charge is -2.17. The van der Waals surface area contributed by atoms with Crippen molar-refractivity contribution in [1.29, 1.82) is 0 Å². The second kappa shape index (κ2) is 9.05. The molecule has 5 heteroatoms. The van der Waals surface area contributed by atoms with Crippen LogP contribution >= 0.6 is 11.6 Å². The molecule has 0 saturated heterocycles. The van der Waals surface area contributed by atoms with Gasteiger partial charge in [-0.3, -0.25) is 4.79 Å². The van der Waals surface area contributed by atoms with Crippen molar-refractivity contribution in [2.75, 3.05) is 0 Å².